The van der Waals surface area contributed by atoms with Crippen LogP contribution < -0.4 is 10.2 Å². The second-order valence-electron chi connectivity index (χ2n) is 7.93. The molecule has 2 aromatic rings. The third kappa shape index (κ3) is 4.98. The maximum absolute atomic E-state index is 12.7. The number of hydrogen-bond donors (Lipinski definition) is 1. The van der Waals surface area contributed by atoms with Crippen molar-refractivity contribution in [2.75, 3.05) is 24.5 Å². The Morgan fingerprint density at radius 2 is 1.72 bits per heavy atom. The molecule has 0 saturated carbocycles. The minimum Gasteiger partial charge on any atom is -0.353 e. The standard InChI is InChI=1S/C23H26ClN3O2/c24-19-6-8-21(9-7-19)27-16-18(14-22(27)28)23(29)25-20-10-12-26(13-11-20)15-17-4-2-1-3-5-17/h1-9,18,20H,10-16H2,(H,25,29)/t18-/m0/s1. The first kappa shape index (κ1) is 19.9. The van der Waals surface area contributed by atoms with Gasteiger partial charge in [-0.05, 0) is 42.7 Å². The molecule has 2 fully saturated rings. The van der Waals surface area contributed by atoms with Gasteiger partial charge in [-0.2, -0.15) is 0 Å². The van der Waals surface area contributed by atoms with Crippen LogP contribution in [0.15, 0.2) is 54.6 Å². The normalized spacial score (nSPS) is 20.8. The number of rotatable bonds is 5. The fraction of sp³-hybridized carbons (Fsp3) is 0.391. The van der Waals surface area contributed by atoms with Crippen LogP contribution >= 0.6 is 11.6 Å². The van der Waals surface area contributed by atoms with Crippen molar-refractivity contribution in [3.05, 3.63) is 65.2 Å². The van der Waals surface area contributed by atoms with Crippen LogP contribution in [0.25, 0.3) is 0 Å². The van der Waals surface area contributed by atoms with Crippen LogP contribution in [-0.4, -0.2) is 42.4 Å². The largest absolute Gasteiger partial charge is 0.353 e. The molecule has 2 saturated heterocycles. The van der Waals surface area contributed by atoms with Crippen molar-refractivity contribution in [2.24, 2.45) is 5.92 Å². The molecular formula is C23H26ClN3O2. The molecule has 2 heterocycles. The highest BCUT2D eigenvalue weighted by Gasteiger charge is 2.36. The summed E-state index contributed by atoms with van der Waals surface area (Å²) in [4.78, 5) is 29.2. The van der Waals surface area contributed by atoms with Crippen molar-refractivity contribution in [1.82, 2.24) is 10.2 Å². The van der Waals surface area contributed by atoms with E-state index in [1.165, 1.54) is 5.56 Å². The van der Waals surface area contributed by atoms with Gasteiger partial charge < -0.3 is 10.2 Å². The Morgan fingerprint density at radius 1 is 1.03 bits per heavy atom. The number of carbonyl (C=O) groups is 2. The van der Waals surface area contributed by atoms with Crippen LogP contribution in [0.5, 0.6) is 0 Å². The van der Waals surface area contributed by atoms with Crippen LogP contribution in [0.1, 0.15) is 24.8 Å². The molecule has 2 aromatic carbocycles. The summed E-state index contributed by atoms with van der Waals surface area (Å²) in [6.45, 7) is 3.33. The van der Waals surface area contributed by atoms with E-state index in [0.717, 1.165) is 38.2 Å². The van der Waals surface area contributed by atoms with Crippen molar-refractivity contribution in [2.45, 2.75) is 31.8 Å². The molecule has 4 rings (SSSR count). The average molecular weight is 412 g/mol. The van der Waals surface area contributed by atoms with Crippen LogP contribution in [-0.2, 0) is 16.1 Å². The number of nitrogens with zero attached hydrogens (tertiary/aromatic N) is 2. The summed E-state index contributed by atoms with van der Waals surface area (Å²) in [5.41, 5.74) is 2.12. The Kier molecular flexibility index (Phi) is 6.16. The lowest BCUT2D eigenvalue weighted by molar-refractivity contribution is -0.127. The molecule has 0 radical (unpaired) electrons. The summed E-state index contributed by atoms with van der Waals surface area (Å²) in [6.07, 6.45) is 2.15. The summed E-state index contributed by atoms with van der Waals surface area (Å²) in [7, 11) is 0. The van der Waals surface area contributed by atoms with Crippen molar-refractivity contribution in [3.8, 4) is 0 Å². The van der Waals surface area contributed by atoms with E-state index in [1.807, 2.05) is 18.2 Å². The molecule has 0 bridgehead atoms. The van der Waals surface area contributed by atoms with E-state index in [4.69, 9.17) is 11.6 Å². The van der Waals surface area contributed by atoms with Crippen molar-refractivity contribution < 1.29 is 9.59 Å². The highest BCUT2D eigenvalue weighted by molar-refractivity contribution is 6.30. The smallest absolute Gasteiger partial charge is 0.227 e. The molecule has 2 aliphatic heterocycles. The number of carbonyl (C=O) groups excluding carboxylic acids is 2. The monoisotopic (exact) mass is 411 g/mol. The zero-order chi connectivity index (χ0) is 20.2. The van der Waals surface area contributed by atoms with Gasteiger partial charge in [-0.3, -0.25) is 14.5 Å². The average Bonchev–Trinajstić information content (AvgIpc) is 3.13. The Hall–Kier alpha value is -2.37. The number of hydrogen-bond acceptors (Lipinski definition) is 3. The molecule has 2 aliphatic rings. The Labute approximate surface area is 176 Å². The van der Waals surface area contributed by atoms with Gasteiger partial charge in [0, 0.05) is 49.4 Å². The molecule has 0 aromatic heterocycles. The Balaban J connectivity index is 1.26. The lowest BCUT2D eigenvalue weighted by Crippen LogP contribution is -2.46. The highest BCUT2D eigenvalue weighted by Crippen LogP contribution is 2.27. The van der Waals surface area contributed by atoms with E-state index >= 15 is 0 Å². The zero-order valence-corrected chi connectivity index (χ0v) is 17.1. The van der Waals surface area contributed by atoms with Gasteiger partial charge in [-0.15, -0.1) is 0 Å². The van der Waals surface area contributed by atoms with Gasteiger partial charge >= 0.3 is 0 Å². The third-order valence-electron chi connectivity index (χ3n) is 5.82. The fourth-order valence-corrected chi connectivity index (χ4v) is 4.28. The first-order chi connectivity index (χ1) is 14.1. The quantitative estimate of drug-likeness (QED) is 0.819. The van der Waals surface area contributed by atoms with E-state index in [0.29, 0.717) is 11.6 Å². The van der Waals surface area contributed by atoms with Gasteiger partial charge in [-0.1, -0.05) is 41.9 Å². The Bertz CT molecular complexity index is 848. The maximum atomic E-state index is 12.7. The molecule has 1 N–H and O–H groups in total. The number of nitrogens with one attached hydrogen (secondary N) is 1. The lowest BCUT2D eigenvalue weighted by Gasteiger charge is -2.32. The minimum atomic E-state index is -0.291. The van der Waals surface area contributed by atoms with Gasteiger partial charge in [0.05, 0.1) is 5.92 Å². The molecule has 5 nitrogen and oxygen atoms in total. The van der Waals surface area contributed by atoms with Crippen LogP contribution in [0.2, 0.25) is 5.02 Å². The molecule has 152 valence electrons. The summed E-state index contributed by atoms with van der Waals surface area (Å²) in [5, 5.41) is 3.81. The number of benzene rings is 2. The number of likely N-dealkylation sites (tertiary alicyclic amines) is 1. The molecule has 29 heavy (non-hydrogen) atoms. The first-order valence-corrected chi connectivity index (χ1v) is 10.6. The second-order valence-corrected chi connectivity index (χ2v) is 8.36. The fourth-order valence-electron chi connectivity index (χ4n) is 4.15. The van der Waals surface area contributed by atoms with Crippen molar-refractivity contribution in [3.63, 3.8) is 0 Å². The summed E-state index contributed by atoms with van der Waals surface area (Å²) >= 11 is 5.93. The van der Waals surface area contributed by atoms with Gasteiger partial charge in [0.25, 0.3) is 0 Å². The molecule has 2 amide bonds. The SMILES string of the molecule is O=C(NC1CCN(Cc2ccccc2)CC1)[C@H]1CC(=O)N(c2ccc(Cl)cc2)C1. The van der Waals surface area contributed by atoms with Gasteiger partial charge in [0.15, 0.2) is 0 Å². The number of anilines is 1. The number of halogens is 1. The number of amides is 2. The molecule has 0 spiro atoms. The second kappa shape index (κ2) is 8.97. The van der Waals surface area contributed by atoms with Gasteiger partial charge in [-0.25, -0.2) is 0 Å². The van der Waals surface area contributed by atoms with Crippen molar-refractivity contribution >= 4 is 29.1 Å². The van der Waals surface area contributed by atoms with E-state index in [-0.39, 0.29) is 30.2 Å². The summed E-state index contributed by atoms with van der Waals surface area (Å²) < 4.78 is 0. The van der Waals surface area contributed by atoms with E-state index < -0.39 is 0 Å². The maximum Gasteiger partial charge on any atom is 0.227 e. The first-order valence-electron chi connectivity index (χ1n) is 10.2. The molecule has 6 heteroatoms. The predicted octanol–water partition coefficient (Wildman–Crippen LogP) is 3.47. The molecule has 1 atom stereocenters. The van der Waals surface area contributed by atoms with Crippen molar-refractivity contribution in [1.29, 1.82) is 0 Å². The van der Waals surface area contributed by atoms with Crippen LogP contribution in [0.4, 0.5) is 5.69 Å². The van der Waals surface area contributed by atoms with Crippen LogP contribution in [0.3, 0.4) is 0 Å². The van der Waals surface area contributed by atoms with E-state index in [2.05, 4.69) is 34.5 Å². The minimum absolute atomic E-state index is 0.00340. The number of piperidine rings is 1. The zero-order valence-electron chi connectivity index (χ0n) is 16.4. The van der Waals surface area contributed by atoms with Gasteiger partial charge in [0.1, 0.15) is 0 Å². The summed E-state index contributed by atoms with van der Waals surface area (Å²) in [5.74, 6) is -0.304. The highest BCUT2D eigenvalue weighted by atomic mass is 35.5. The topological polar surface area (TPSA) is 52.7 Å². The molecular weight excluding hydrogens is 386 g/mol. The predicted molar refractivity (Wildman–Crippen MR) is 115 cm³/mol. The molecule has 0 unspecified atom stereocenters. The molecule has 0 aliphatic carbocycles. The van der Waals surface area contributed by atoms with E-state index in [1.54, 1.807) is 17.0 Å². The van der Waals surface area contributed by atoms with Crippen LogP contribution in [0, 0.1) is 5.92 Å². The lowest BCUT2D eigenvalue weighted by atomic mass is 10.0. The van der Waals surface area contributed by atoms with Gasteiger partial charge in [0.2, 0.25) is 11.8 Å². The Morgan fingerprint density at radius 3 is 2.41 bits per heavy atom. The van der Waals surface area contributed by atoms with E-state index in [9.17, 15) is 9.59 Å². The summed E-state index contributed by atoms with van der Waals surface area (Å²) in [6, 6.07) is 17.8. The third-order valence-corrected chi connectivity index (χ3v) is 6.07.